The summed E-state index contributed by atoms with van der Waals surface area (Å²) in [7, 11) is 0. The van der Waals surface area contributed by atoms with Gasteiger partial charge < -0.3 is 14.6 Å². The number of aliphatic hydroxyl groups excluding tert-OH is 1. The molecule has 4 nitrogen and oxygen atoms in total. The molecule has 0 saturated heterocycles. The van der Waals surface area contributed by atoms with Gasteiger partial charge in [-0.25, -0.2) is 4.98 Å². The van der Waals surface area contributed by atoms with Gasteiger partial charge >= 0.3 is 0 Å². The molecule has 1 N–H and O–H groups in total. The van der Waals surface area contributed by atoms with Crippen LogP contribution in [0.4, 0.5) is 0 Å². The maximum Gasteiger partial charge on any atom is 0.231 e. The normalized spacial score (nSPS) is 12.8. The van der Waals surface area contributed by atoms with Crippen LogP contribution in [0, 0.1) is 0 Å². The van der Waals surface area contributed by atoms with E-state index < -0.39 is 0 Å². The molecule has 4 rings (SSSR count). The minimum atomic E-state index is -0.0133. The lowest BCUT2D eigenvalue weighted by atomic mass is 10.0. The molecule has 0 radical (unpaired) electrons. The summed E-state index contributed by atoms with van der Waals surface area (Å²) in [6.07, 6.45) is 0. The number of fused-ring (bicyclic) bond motifs is 2. The molecule has 0 saturated carbocycles. The second kappa shape index (κ2) is 4.75. The van der Waals surface area contributed by atoms with Crippen molar-refractivity contribution in [1.29, 1.82) is 0 Å². The highest BCUT2D eigenvalue weighted by Crippen LogP contribution is 2.36. The molecule has 4 heteroatoms. The van der Waals surface area contributed by atoms with Crippen molar-refractivity contribution in [2.24, 2.45) is 0 Å². The summed E-state index contributed by atoms with van der Waals surface area (Å²) in [5.74, 6) is 1.48. The average Bonchev–Trinajstić information content (AvgIpc) is 3.01. The molecule has 104 valence electrons. The quantitative estimate of drug-likeness (QED) is 0.783. The van der Waals surface area contributed by atoms with Gasteiger partial charge in [0.1, 0.15) is 0 Å². The number of para-hydroxylation sites is 1. The minimum absolute atomic E-state index is 0.0133. The van der Waals surface area contributed by atoms with Crippen LogP contribution < -0.4 is 9.47 Å². The molecule has 21 heavy (non-hydrogen) atoms. The van der Waals surface area contributed by atoms with Crippen LogP contribution in [0.15, 0.2) is 48.5 Å². The van der Waals surface area contributed by atoms with E-state index >= 15 is 0 Å². The number of nitrogens with zero attached hydrogens (tertiary/aromatic N) is 1. The first-order chi connectivity index (χ1) is 10.3. The van der Waals surface area contributed by atoms with Crippen LogP contribution in [-0.4, -0.2) is 16.9 Å². The zero-order valence-electron chi connectivity index (χ0n) is 11.2. The van der Waals surface area contributed by atoms with Crippen LogP contribution in [0.1, 0.15) is 5.56 Å². The van der Waals surface area contributed by atoms with E-state index in [9.17, 15) is 5.11 Å². The molecule has 0 atom stereocenters. The second-order valence-corrected chi connectivity index (χ2v) is 4.91. The van der Waals surface area contributed by atoms with E-state index in [1.807, 2.05) is 48.5 Å². The summed E-state index contributed by atoms with van der Waals surface area (Å²) in [5.41, 5.74) is 3.50. The summed E-state index contributed by atoms with van der Waals surface area (Å²) < 4.78 is 10.7. The predicted molar refractivity (Wildman–Crippen MR) is 79.2 cm³/mol. The molecular formula is C17H13NO3. The van der Waals surface area contributed by atoms with Gasteiger partial charge in [0.05, 0.1) is 17.8 Å². The number of pyridine rings is 1. The van der Waals surface area contributed by atoms with Gasteiger partial charge in [0.2, 0.25) is 6.79 Å². The highest BCUT2D eigenvalue weighted by molar-refractivity contribution is 5.85. The fraction of sp³-hybridized carbons (Fsp3) is 0.118. The van der Waals surface area contributed by atoms with Crippen LogP contribution in [0.3, 0.4) is 0 Å². The largest absolute Gasteiger partial charge is 0.454 e. The van der Waals surface area contributed by atoms with Gasteiger partial charge in [-0.05, 0) is 35.9 Å². The Hall–Kier alpha value is -2.59. The van der Waals surface area contributed by atoms with E-state index in [-0.39, 0.29) is 13.4 Å². The van der Waals surface area contributed by atoms with E-state index in [2.05, 4.69) is 4.98 Å². The highest BCUT2D eigenvalue weighted by Gasteiger charge is 2.15. The number of aliphatic hydroxyl groups is 1. The first kappa shape index (κ1) is 12.2. The molecule has 0 unspecified atom stereocenters. The van der Waals surface area contributed by atoms with Gasteiger partial charge in [0.15, 0.2) is 11.5 Å². The highest BCUT2D eigenvalue weighted by atomic mass is 16.7. The molecule has 0 bridgehead atoms. The van der Waals surface area contributed by atoms with Crippen LogP contribution in [-0.2, 0) is 6.61 Å². The fourth-order valence-corrected chi connectivity index (χ4v) is 2.58. The number of benzene rings is 2. The minimum Gasteiger partial charge on any atom is -0.454 e. The van der Waals surface area contributed by atoms with Gasteiger partial charge in [0.25, 0.3) is 0 Å². The molecule has 0 aliphatic carbocycles. The fourth-order valence-electron chi connectivity index (χ4n) is 2.58. The molecular weight excluding hydrogens is 266 g/mol. The zero-order valence-corrected chi connectivity index (χ0v) is 11.2. The molecule has 1 aromatic heterocycles. The van der Waals surface area contributed by atoms with Crippen molar-refractivity contribution in [2.45, 2.75) is 6.61 Å². The van der Waals surface area contributed by atoms with Gasteiger partial charge in [0, 0.05) is 10.9 Å². The molecule has 0 spiro atoms. The Balaban J connectivity index is 1.90. The Morgan fingerprint density at radius 3 is 2.76 bits per heavy atom. The number of hydrogen-bond acceptors (Lipinski definition) is 4. The molecule has 2 aromatic carbocycles. The summed E-state index contributed by atoms with van der Waals surface area (Å²) in [6.45, 7) is 0.242. The topological polar surface area (TPSA) is 51.6 Å². The first-order valence-electron chi connectivity index (χ1n) is 6.75. The SMILES string of the molecule is OCc1cc(-c2ccc3c(c2)OCO3)nc2ccccc12. The number of hydrogen-bond donors (Lipinski definition) is 1. The smallest absolute Gasteiger partial charge is 0.231 e. The maximum absolute atomic E-state index is 9.59. The van der Waals surface area contributed by atoms with Crippen molar-refractivity contribution in [3.05, 3.63) is 54.1 Å². The molecule has 0 fully saturated rings. The van der Waals surface area contributed by atoms with E-state index in [4.69, 9.17) is 9.47 Å². The summed E-state index contributed by atoms with van der Waals surface area (Å²) in [5, 5.41) is 10.6. The van der Waals surface area contributed by atoms with Crippen molar-refractivity contribution >= 4 is 10.9 Å². The zero-order chi connectivity index (χ0) is 14.2. The van der Waals surface area contributed by atoms with Gasteiger partial charge in [-0.1, -0.05) is 18.2 Å². The van der Waals surface area contributed by atoms with Gasteiger partial charge in [-0.3, -0.25) is 0 Å². The van der Waals surface area contributed by atoms with Gasteiger partial charge in [-0.15, -0.1) is 0 Å². The van der Waals surface area contributed by atoms with Crippen molar-refractivity contribution in [3.8, 4) is 22.8 Å². The predicted octanol–water partition coefficient (Wildman–Crippen LogP) is 3.12. The first-order valence-corrected chi connectivity index (χ1v) is 6.75. The Morgan fingerprint density at radius 2 is 1.86 bits per heavy atom. The van der Waals surface area contributed by atoms with Crippen LogP contribution in [0.25, 0.3) is 22.2 Å². The Labute approximate surface area is 121 Å². The Morgan fingerprint density at radius 1 is 1.00 bits per heavy atom. The molecule has 1 aliphatic heterocycles. The third-order valence-corrected chi connectivity index (χ3v) is 3.64. The molecule has 0 amide bonds. The lowest BCUT2D eigenvalue weighted by Crippen LogP contribution is -1.93. The molecule has 1 aliphatic rings. The monoisotopic (exact) mass is 279 g/mol. The third kappa shape index (κ3) is 2.00. The van der Waals surface area contributed by atoms with Crippen molar-refractivity contribution in [1.82, 2.24) is 4.98 Å². The van der Waals surface area contributed by atoms with Gasteiger partial charge in [-0.2, -0.15) is 0 Å². The number of aromatic nitrogens is 1. The van der Waals surface area contributed by atoms with E-state index in [0.717, 1.165) is 39.2 Å². The summed E-state index contributed by atoms with van der Waals surface area (Å²) in [6, 6.07) is 15.5. The van der Waals surface area contributed by atoms with E-state index in [1.165, 1.54) is 0 Å². The maximum atomic E-state index is 9.59. The second-order valence-electron chi connectivity index (χ2n) is 4.91. The van der Waals surface area contributed by atoms with Crippen molar-refractivity contribution in [2.75, 3.05) is 6.79 Å². The summed E-state index contributed by atoms with van der Waals surface area (Å²) in [4.78, 5) is 4.67. The van der Waals surface area contributed by atoms with E-state index in [0.29, 0.717) is 0 Å². The van der Waals surface area contributed by atoms with Crippen LogP contribution in [0.2, 0.25) is 0 Å². The van der Waals surface area contributed by atoms with Crippen molar-refractivity contribution < 1.29 is 14.6 Å². The lowest BCUT2D eigenvalue weighted by molar-refractivity contribution is 0.174. The molecule has 2 heterocycles. The Kier molecular flexibility index (Phi) is 2.75. The van der Waals surface area contributed by atoms with E-state index in [1.54, 1.807) is 0 Å². The standard InChI is InChI=1S/C17H13NO3/c19-9-12-7-15(18-14-4-2-1-3-13(12)14)11-5-6-16-17(8-11)21-10-20-16/h1-8,19H,9-10H2. The van der Waals surface area contributed by atoms with Crippen molar-refractivity contribution in [3.63, 3.8) is 0 Å². The Bertz CT molecular complexity index is 829. The summed E-state index contributed by atoms with van der Waals surface area (Å²) >= 11 is 0. The number of ether oxygens (including phenoxy) is 2. The average molecular weight is 279 g/mol. The van der Waals surface area contributed by atoms with Crippen LogP contribution in [0.5, 0.6) is 11.5 Å². The number of rotatable bonds is 2. The lowest BCUT2D eigenvalue weighted by Gasteiger charge is -2.08. The third-order valence-electron chi connectivity index (χ3n) is 3.64. The van der Waals surface area contributed by atoms with Crippen LogP contribution >= 0.6 is 0 Å². The molecule has 3 aromatic rings.